The zero-order valence-corrected chi connectivity index (χ0v) is 13.0. The van der Waals surface area contributed by atoms with E-state index in [1.165, 1.54) is 30.4 Å². The van der Waals surface area contributed by atoms with Gasteiger partial charge >= 0.3 is 0 Å². The van der Waals surface area contributed by atoms with Crippen LogP contribution in [0.5, 0.6) is 0 Å². The van der Waals surface area contributed by atoms with E-state index in [2.05, 4.69) is 43.4 Å². The molecule has 106 valence electrons. The van der Waals surface area contributed by atoms with Gasteiger partial charge in [-0.25, -0.2) is 0 Å². The summed E-state index contributed by atoms with van der Waals surface area (Å²) >= 11 is 5.90. The van der Waals surface area contributed by atoms with Crippen LogP contribution in [0.25, 0.3) is 0 Å². The first-order valence-electron chi connectivity index (χ1n) is 7.30. The summed E-state index contributed by atoms with van der Waals surface area (Å²) in [6.45, 7) is 4.40. The Kier molecular flexibility index (Phi) is 5.49. The summed E-state index contributed by atoms with van der Waals surface area (Å²) in [5.74, 6) is 0. The van der Waals surface area contributed by atoms with E-state index in [0.29, 0.717) is 0 Å². The average Bonchev–Trinajstić information content (AvgIpc) is 2.48. The third-order valence-corrected chi connectivity index (χ3v) is 3.78. The zero-order valence-electron chi connectivity index (χ0n) is 12.2. The summed E-state index contributed by atoms with van der Waals surface area (Å²) < 4.78 is 0. The predicted octanol–water partition coefficient (Wildman–Crippen LogP) is 5.86. The molecular formula is C18H22ClN. The maximum atomic E-state index is 5.90. The molecule has 1 N–H and O–H groups in total. The van der Waals surface area contributed by atoms with Crippen molar-refractivity contribution in [1.29, 1.82) is 0 Å². The second-order valence-electron chi connectivity index (χ2n) is 5.22. The Balaban J connectivity index is 1.98. The lowest BCUT2D eigenvalue weighted by Gasteiger charge is -2.16. The summed E-state index contributed by atoms with van der Waals surface area (Å²) in [5.41, 5.74) is 3.83. The summed E-state index contributed by atoms with van der Waals surface area (Å²) in [6.07, 6.45) is 3.68. The van der Waals surface area contributed by atoms with Gasteiger partial charge in [0.25, 0.3) is 0 Å². The van der Waals surface area contributed by atoms with Gasteiger partial charge in [-0.15, -0.1) is 0 Å². The standard InChI is InChI=1S/C18H22ClN/c1-3-4-5-15-6-8-16(9-7-15)14(2)20-18-12-10-17(19)11-13-18/h6-14,20H,3-5H2,1-2H3. The van der Waals surface area contributed by atoms with Gasteiger partial charge in [0.1, 0.15) is 0 Å². The molecule has 2 heteroatoms. The second kappa shape index (κ2) is 7.35. The molecular weight excluding hydrogens is 266 g/mol. The van der Waals surface area contributed by atoms with Crippen molar-refractivity contribution in [1.82, 2.24) is 0 Å². The average molecular weight is 288 g/mol. The van der Waals surface area contributed by atoms with Crippen molar-refractivity contribution in [2.75, 3.05) is 5.32 Å². The molecule has 0 fully saturated rings. The van der Waals surface area contributed by atoms with Gasteiger partial charge in [0.15, 0.2) is 0 Å². The topological polar surface area (TPSA) is 12.0 Å². The van der Waals surface area contributed by atoms with Crippen LogP contribution in [0.4, 0.5) is 5.69 Å². The van der Waals surface area contributed by atoms with E-state index < -0.39 is 0 Å². The smallest absolute Gasteiger partial charge is 0.0485 e. The molecule has 2 aromatic rings. The van der Waals surface area contributed by atoms with Gasteiger partial charge in [-0.2, -0.15) is 0 Å². The zero-order chi connectivity index (χ0) is 14.4. The summed E-state index contributed by atoms with van der Waals surface area (Å²) in [6, 6.07) is 17.0. The van der Waals surface area contributed by atoms with Gasteiger partial charge in [0.05, 0.1) is 0 Å². The van der Waals surface area contributed by atoms with Crippen molar-refractivity contribution in [2.45, 2.75) is 39.2 Å². The highest BCUT2D eigenvalue weighted by molar-refractivity contribution is 6.30. The van der Waals surface area contributed by atoms with Gasteiger partial charge in [-0.1, -0.05) is 49.2 Å². The Morgan fingerprint density at radius 3 is 2.25 bits per heavy atom. The van der Waals surface area contributed by atoms with Gasteiger partial charge < -0.3 is 5.32 Å². The molecule has 0 spiro atoms. The summed E-state index contributed by atoms with van der Waals surface area (Å²) in [7, 11) is 0. The van der Waals surface area contributed by atoms with E-state index in [9.17, 15) is 0 Å². The van der Waals surface area contributed by atoms with Crippen molar-refractivity contribution in [3.8, 4) is 0 Å². The SMILES string of the molecule is CCCCc1ccc(C(C)Nc2ccc(Cl)cc2)cc1. The molecule has 0 heterocycles. The number of anilines is 1. The number of unbranched alkanes of at least 4 members (excludes halogenated alkanes) is 1. The van der Waals surface area contributed by atoms with Crippen LogP contribution in [-0.2, 0) is 6.42 Å². The molecule has 1 atom stereocenters. The van der Waals surface area contributed by atoms with Crippen LogP contribution in [-0.4, -0.2) is 0 Å². The third kappa shape index (κ3) is 4.28. The molecule has 1 unspecified atom stereocenters. The van der Waals surface area contributed by atoms with Gasteiger partial charge in [0.2, 0.25) is 0 Å². The molecule has 0 saturated carbocycles. The first-order chi connectivity index (χ1) is 9.69. The van der Waals surface area contributed by atoms with Gasteiger partial charge in [0, 0.05) is 16.8 Å². The number of nitrogens with one attached hydrogen (secondary N) is 1. The van der Waals surface area contributed by atoms with E-state index in [-0.39, 0.29) is 6.04 Å². The van der Waals surface area contributed by atoms with Crippen LogP contribution in [0.3, 0.4) is 0 Å². The molecule has 0 aromatic heterocycles. The number of halogens is 1. The van der Waals surface area contributed by atoms with Crippen LogP contribution in [0.2, 0.25) is 5.02 Å². The molecule has 1 nitrogen and oxygen atoms in total. The van der Waals surface area contributed by atoms with Crippen LogP contribution >= 0.6 is 11.6 Å². The molecule has 0 radical (unpaired) electrons. The minimum absolute atomic E-state index is 0.288. The maximum Gasteiger partial charge on any atom is 0.0485 e. The number of hydrogen-bond donors (Lipinski definition) is 1. The highest BCUT2D eigenvalue weighted by atomic mass is 35.5. The lowest BCUT2D eigenvalue weighted by atomic mass is 10.0. The Bertz CT molecular complexity index is 516. The van der Waals surface area contributed by atoms with Crippen molar-refractivity contribution < 1.29 is 0 Å². The van der Waals surface area contributed by atoms with Gasteiger partial charge in [-0.05, 0) is 55.2 Å². The number of rotatable bonds is 6. The summed E-state index contributed by atoms with van der Waals surface area (Å²) in [4.78, 5) is 0. The van der Waals surface area contributed by atoms with Crippen molar-refractivity contribution in [2.24, 2.45) is 0 Å². The largest absolute Gasteiger partial charge is 0.379 e. The minimum atomic E-state index is 0.288. The Hall–Kier alpha value is -1.47. The molecule has 2 aromatic carbocycles. The van der Waals surface area contributed by atoms with Crippen LogP contribution in [0.1, 0.15) is 43.9 Å². The fourth-order valence-corrected chi connectivity index (χ4v) is 2.36. The predicted molar refractivity (Wildman–Crippen MR) is 88.5 cm³/mol. The number of benzene rings is 2. The highest BCUT2D eigenvalue weighted by Crippen LogP contribution is 2.21. The third-order valence-electron chi connectivity index (χ3n) is 3.53. The molecule has 0 saturated heterocycles. The molecule has 2 rings (SSSR count). The lowest BCUT2D eigenvalue weighted by molar-refractivity contribution is 0.793. The molecule has 0 aliphatic heterocycles. The first-order valence-corrected chi connectivity index (χ1v) is 7.68. The molecule has 0 aliphatic carbocycles. The second-order valence-corrected chi connectivity index (χ2v) is 5.65. The monoisotopic (exact) mass is 287 g/mol. The Morgan fingerprint density at radius 2 is 1.65 bits per heavy atom. The number of aryl methyl sites for hydroxylation is 1. The van der Waals surface area contributed by atoms with E-state index in [0.717, 1.165) is 10.7 Å². The minimum Gasteiger partial charge on any atom is -0.379 e. The van der Waals surface area contributed by atoms with E-state index in [4.69, 9.17) is 11.6 Å². The summed E-state index contributed by atoms with van der Waals surface area (Å²) in [5, 5.41) is 4.26. The van der Waals surface area contributed by atoms with E-state index in [1.54, 1.807) is 0 Å². The highest BCUT2D eigenvalue weighted by Gasteiger charge is 2.05. The van der Waals surface area contributed by atoms with E-state index in [1.807, 2.05) is 24.3 Å². The van der Waals surface area contributed by atoms with Crippen molar-refractivity contribution >= 4 is 17.3 Å². The quantitative estimate of drug-likeness (QED) is 0.702. The van der Waals surface area contributed by atoms with Crippen LogP contribution in [0, 0.1) is 0 Å². The van der Waals surface area contributed by atoms with Gasteiger partial charge in [-0.3, -0.25) is 0 Å². The van der Waals surface area contributed by atoms with E-state index >= 15 is 0 Å². The fraction of sp³-hybridized carbons (Fsp3) is 0.333. The maximum absolute atomic E-state index is 5.90. The molecule has 0 bridgehead atoms. The van der Waals surface area contributed by atoms with Crippen LogP contribution < -0.4 is 5.32 Å². The Labute approximate surface area is 127 Å². The van der Waals surface area contributed by atoms with Crippen LogP contribution in [0.15, 0.2) is 48.5 Å². The molecule has 0 amide bonds. The lowest BCUT2D eigenvalue weighted by Crippen LogP contribution is -2.06. The number of hydrogen-bond acceptors (Lipinski definition) is 1. The van der Waals surface area contributed by atoms with Crippen molar-refractivity contribution in [3.63, 3.8) is 0 Å². The first kappa shape index (κ1) is 14.9. The fourth-order valence-electron chi connectivity index (χ4n) is 2.23. The van der Waals surface area contributed by atoms with Crippen molar-refractivity contribution in [3.05, 3.63) is 64.7 Å². The Morgan fingerprint density at radius 1 is 1.00 bits per heavy atom. The normalized spacial score (nSPS) is 12.2. The molecule has 20 heavy (non-hydrogen) atoms. The molecule has 0 aliphatic rings.